The second-order valence-corrected chi connectivity index (χ2v) is 19.8. The number of halogens is 7. The number of alkyl carbamates (subject to hydrolysis) is 2. The zero-order chi connectivity index (χ0) is 50.1. The zero-order valence-corrected chi connectivity index (χ0v) is 41.2. The van der Waals surface area contributed by atoms with E-state index in [-0.39, 0.29) is 99.7 Å². The molecule has 0 spiro atoms. The topological polar surface area (TPSA) is 203 Å². The van der Waals surface area contributed by atoms with Crippen molar-refractivity contribution in [3.05, 3.63) is 116 Å². The fourth-order valence-electron chi connectivity index (χ4n) is 8.36. The summed E-state index contributed by atoms with van der Waals surface area (Å²) in [5.74, 6) is -3.36. The van der Waals surface area contributed by atoms with Gasteiger partial charge in [-0.2, -0.15) is 0 Å². The smallest absolute Gasteiger partial charge is 0.407 e. The average Bonchev–Trinajstić information content (AvgIpc) is 3.33. The zero-order valence-electron chi connectivity index (χ0n) is 38.1. The Kier molecular flexibility index (Phi) is 19.0. The quantitative estimate of drug-likeness (QED) is 0.0898. The second-order valence-electron chi connectivity index (χ2n) is 17.0. The highest BCUT2D eigenvalue weighted by atomic mass is 35.5. The van der Waals surface area contributed by atoms with Gasteiger partial charge in [0.15, 0.2) is 0 Å². The third kappa shape index (κ3) is 14.3. The van der Waals surface area contributed by atoms with Crippen LogP contribution < -0.4 is 36.1 Å². The molecule has 5 N–H and O–H groups in total. The predicted octanol–water partition coefficient (Wildman–Crippen LogP) is 8.93. The molecule has 4 aromatic rings. The highest BCUT2D eigenvalue weighted by Crippen LogP contribution is 2.39. The summed E-state index contributed by atoms with van der Waals surface area (Å²) in [6, 6.07) is 10.8. The third-order valence-electron chi connectivity index (χ3n) is 12.1. The van der Waals surface area contributed by atoms with Crippen LogP contribution in [-0.4, -0.2) is 95.6 Å². The summed E-state index contributed by atoms with van der Waals surface area (Å²) < 4.78 is 103. The van der Waals surface area contributed by atoms with Crippen LogP contribution in [0.1, 0.15) is 82.5 Å². The number of nitrogens with zero attached hydrogens (tertiary/aromatic N) is 1. The monoisotopic (exact) mass is 1070 g/mol. The number of carbonyl (C=O) groups is 4. The maximum absolute atomic E-state index is 14.8. The summed E-state index contributed by atoms with van der Waals surface area (Å²) in [6.45, 7) is 3.21. The number of anilines is 2. The molecule has 384 valence electrons. The van der Waals surface area contributed by atoms with Crippen molar-refractivity contribution in [3.8, 4) is 11.5 Å². The lowest BCUT2D eigenvalue weighted by Crippen LogP contribution is -2.39. The van der Waals surface area contributed by atoms with Crippen molar-refractivity contribution in [3.63, 3.8) is 0 Å². The molecule has 8 rings (SSSR count). The third-order valence-corrected chi connectivity index (χ3v) is 14.0. The molecule has 2 fully saturated rings. The van der Waals surface area contributed by atoms with Crippen LogP contribution in [0, 0.1) is 35.1 Å². The Morgan fingerprint density at radius 3 is 1.46 bits per heavy atom. The number of fused-ring (bicyclic) bond motifs is 2. The fraction of sp³-hybridized carbons (Fsp3) is 0.404. The van der Waals surface area contributed by atoms with Crippen LogP contribution in [0.4, 0.5) is 38.5 Å². The van der Waals surface area contributed by atoms with Gasteiger partial charge in [-0.05, 0) is 111 Å². The summed E-state index contributed by atoms with van der Waals surface area (Å²) in [7, 11) is -3.25. The van der Waals surface area contributed by atoms with Gasteiger partial charge in [-0.1, -0.05) is 23.2 Å². The average molecular weight is 1070 g/mol. The second kappa shape index (κ2) is 24.7. The number of ether oxygens (including phenoxy) is 4. The normalized spacial score (nSPS) is 18.0. The molecule has 0 unspecified atom stereocenters. The van der Waals surface area contributed by atoms with Gasteiger partial charge in [0.2, 0.25) is 10.0 Å². The highest BCUT2D eigenvalue weighted by molar-refractivity contribution is 7.88. The van der Waals surface area contributed by atoms with Crippen molar-refractivity contribution in [2.75, 3.05) is 69.5 Å². The van der Waals surface area contributed by atoms with Gasteiger partial charge in [0.1, 0.15) is 34.8 Å². The van der Waals surface area contributed by atoms with Gasteiger partial charge in [0.05, 0.1) is 77.1 Å². The first-order valence-electron chi connectivity index (χ1n) is 22.4. The maximum atomic E-state index is 14.8. The van der Waals surface area contributed by atoms with Crippen LogP contribution in [0.3, 0.4) is 0 Å². The number of piperidine rings is 2. The lowest BCUT2D eigenvalue weighted by atomic mass is 9.96. The number of hydrogen-bond acceptors (Lipinski definition) is 11. The summed E-state index contributed by atoms with van der Waals surface area (Å²) >= 11 is 11.5. The minimum absolute atomic E-state index is 0. The van der Waals surface area contributed by atoms with Gasteiger partial charge in [0.25, 0.3) is 11.8 Å². The number of hydrogen-bond donors (Lipinski definition) is 5. The molecule has 24 heteroatoms. The Balaban J connectivity index is 0.000000231. The van der Waals surface area contributed by atoms with E-state index in [1.54, 1.807) is 0 Å². The first kappa shape index (κ1) is 54.7. The molecule has 4 heterocycles. The van der Waals surface area contributed by atoms with E-state index in [4.69, 9.17) is 42.1 Å². The van der Waals surface area contributed by atoms with E-state index < -0.39 is 69.4 Å². The molecule has 16 nitrogen and oxygen atoms in total. The van der Waals surface area contributed by atoms with E-state index in [0.29, 0.717) is 44.9 Å². The molecule has 0 saturated carbocycles. The van der Waals surface area contributed by atoms with E-state index >= 15 is 0 Å². The summed E-state index contributed by atoms with van der Waals surface area (Å²) in [5, 5.41) is 13.5. The Labute approximate surface area is 423 Å². The molecule has 0 radical (unpaired) electrons. The standard InChI is InChI=1S/C24H26ClF2N3O6S.C23H24ClF2N3O4.ClH/c1-37(33,34)30-9-6-14(7-10-30)13-36-24(32)29-20-8-11-35-22-16(3-5-19(27)21(20)22)23(31)28-15-2-4-18(26)17(25)12-15;24-16-11-14(1-3-17(16)25)28-22(30)15-2-4-18(26)20-19(7-10-32-21(15)20)29-23(31)33-12-13-5-8-27-9-6-13;/h2-5,12,14,20H,6-11,13H2,1H3,(H,28,31)(H,29,32);1-4,11,13,19,27H,5-10,12H2,(H,28,30)(H,29,31);1H/t20-;19-;/m00./s1. The van der Waals surface area contributed by atoms with Gasteiger partial charge in [0, 0.05) is 37.3 Å². The van der Waals surface area contributed by atoms with E-state index in [1.165, 1.54) is 40.7 Å². The van der Waals surface area contributed by atoms with Crippen molar-refractivity contribution < 1.29 is 64.1 Å². The SMILES string of the molecule is CS(=O)(=O)N1CCC(COC(=O)N[C@H]2CCOc3c(C(=O)Nc4ccc(F)c(Cl)c4)ccc(F)c32)CC1.Cl.O=C(N[C@H]1CCOc2c(C(=O)Nc3ccc(F)c(Cl)c3)ccc(F)c21)OCC1CCNCC1. The molecule has 2 saturated heterocycles. The van der Waals surface area contributed by atoms with Gasteiger partial charge in [-0.15, -0.1) is 12.4 Å². The molecule has 2 atom stereocenters. The number of amides is 4. The molecule has 4 aromatic carbocycles. The van der Waals surface area contributed by atoms with Crippen molar-refractivity contribution in [2.24, 2.45) is 11.8 Å². The molecule has 0 bridgehead atoms. The van der Waals surface area contributed by atoms with Crippen molar-refractivity contribution >= 4 is 81.0 Å². The van der Waals surface area contributed by atoms with E-state index in [0.717, 1.165) is 56.5 Å². The largest absolute Gasteiger partial charge is 0.492 e. The van der Waals surface area contributed by atoms with Crippen molar-refractivity contribution in [1.82, 2.24) is 20.3 Å². The van der Waals surface area contributed by atoms with Gasteiger partial charge in [-0.3, -0.25) is 9.59 Å². The van der Waals surface area contributed by atoms with Crippen LogP contribution in [0.15, 0.2) is 60.7 Å². The Morgan fingerprint density at radius 2 is 1.06 bits per heavy atom. The van der Waals surface area contributed by atoms with Crippen LogP contribution in [0.5, 0.6) is 11.5 Å². The van der Waals surface area contributed by atoms with Crippen LogP contribution in [0.2, 0.25) is 10.0 Å². The predicted molar refractivity (Wildman–Crippen MR) is 258 cm³/mol. The van der Waals surface area contributed by atoms with E-state index in [2.05, 4.69) is 26.6 Å². The van der Waals surface area contributed by atoms with Crippen molar-refractivity contribution in [2.45, 2.75) is 50.6 Å². The molecule has 0 aliphatic carbocycles. The number of benzene rings is 4. The van der Waals surface area contributed by atoms with Gasteiger partial charge >= 0.3 is 12.2 Å². The lowest BCUT2D eigenvalue weighted by molar-refractivity contribution is 0.100. The molecule has 71 heavy (non-hydrogen) atoms. The Hall–Kier alpha value is -5.58. The molecule has 4 aliphatic heterocycles. The van der Waals surface area contributed by atoms with E-state index in [1.807, 2.05) is 0 Å². The first-order valence-corrected chi connectivity index (χ1v) is 25.0. The highest BCUT2D eigenvalue weighted by Gasteiger charge is 2.34. The minimum atomic E-state index is -3.25. The summed E-state index contributed by atoms with van der Waals surface area (Å²) in [4.78, 5) is 50.6. The Bertz CT molecular complexity index is 2720. The van der Waals surface area contributed by atoms with Crippen LogP contribution >= 0.6 is 35.6 Å². The molecular weight excluding hydrogens is 1020 g/mol. The molecule has 4 amide bonds. The number of rotatable bonds is 11. The fourth-order valence-corrected chi connectivity index (χ4v) is 9.59. The lowest BCUT2D eigenvalue weighted by Gasteiger charge is -2.30. The Morgan fingerprint density at radius 1 is 0.648 bits per heavy atom. The first-order chi connectivity index (χ1) is 33.4. The van der Waals surface area contributed by atoms with Crippen LogP contribution in [-0.2, 0) is 19.5 Å². The number of carbonyl (C=O) groups excluding carboxylic acids is 4. The summed E-state index contributed by atoms with van der Waals surface area (Å²) in [6.07, 6.45) is 3.34. The number of sulfonamides is 1. The van der Waals surface area contributed by atoms with Crippen LogP contribution in [0.25, 0.3) is 0 Å². The molecule has 0 aromatic heterocycles. The molecule has 4 aliphatic rings. The van der Waals surface area contributed by atoms with E-state index in [9.17, 15) is 45.2 Å². The minimum Gasteiger partial charge on any atom is -0.492 e. The maximum Gasteiger partial charge on any atom is 0.407 e. The van der Waals surface area contributed by atoms with Gasteiger partial charge in [-0.25, -0.2) is 39.9 Å². The number of nitrogens with one attached hydrogen (secondary N) is 5. The van der Waals surface area contributed by atoms with Crippen molar-refractivity contribution in [1.29, 1.82) is 0 Å². The molecular formula is C47H51Cl3F4N6O10S. The van der Waals surface area contributed by atoms with Gasteiger partial charge < -0.3 is 45.5 Å². The summed E-state index contributed by atoms with van der Waals surface area (Å²) in [5.41, 5.74) is 0.748.